The van der Waals surface area contributed by atoms with Crippen molar-refractivity contribution in [1.82, 2.24) is 5.32 Å². The van der Waals surface area contributed by atoms with Crippen molar-refractivity contribution in [2.24, 2.45) is 0 Å². The van der Waals surface area contributed by atoms with Gasteiger partial charge in [-0.25, -0.2) is 0 Å². The molecular formula is C62H113NO13. The number of carbonyl (C=O) groups is 1. The van der Waals surface area contributed by atoms with Crippen molar-refractivity contribution in [1.29, 1.82) is 0 Å². The molecule has 0 aliphatic carbocycles. The molecule has 0 aromatic heterocycles. The zero-order chi connectivity index (χ0) is 55.3. The van der Waals surface area contributed by atoms with Crippen LogP contribution in [0, 0.1) is 0 Å². The Bertz CT molecular complexity index is 1460. The maximum Gasteiger partial charge on any atom is 0.220 e. The first-order valence-corrected chi connectivity index (χ1v) is 30.9. The molecule has 0 aromatic rings. The van der Waals surface area contributed by atoms with Gasteiger partial charge in [-0.2, -0.15) is 0 Å². The highest BCUT2D eigenvalue weighted by Crippen LogP contribution is 2.30. The van der Waals surface area contributed by atoms with Crippen LogP contribution in [-0.2, 0) is 23.7 Å². The van der Waals surface area contributed by atoms with Gasteiger partial charge in [0.2, 0.25) is 5.91 Å². The summed E-state index contributed by atoms with van der Waals surface area (Å²) >= 11 is 0. The van der Waals surface area contributed by atoms with E-state index in [2.05, 4.69) is 55.6 Å². The highest BCUT2D eigenvalue weighted by molar-refractivity contribution is 5.76. The monoisotopic (exact) mass is 1080 g/mol. The predicted octanol–water partition coefficient (Wildman–Crippen LogP) is 10.8. The Hall–Kier alpha value is -2.05. The Balaban J connectivity index is 1.72. The number of allylic oxidation sites excluding steroid dienone is 7. The summed E-state index contributed by atoms with van der Waals surface area (Å²) in [6.07, 6.45) is 43.0. The van der Waals surface area contributed by atoms with E-state index in [0.29, 0.717) is 12.8 Å². The molecule has 0 radical (unpaired) electrons. The van der Waals surface area contributed by atoms with Crippen LogP contribution in [0.3, 0.4) is 0 Å². The van der Waals surface area contributed by atoms with E-state index >= 15 is 0 Å². The van der Waals surface area contributed by atoms with Crippen molar-refractivity contribution in [3.63, 3.8) is 0 Å². The van der Waals surface area contributed by atoms with Gasteiger partial charge >= 0.3 is 0 Å². The molecule has 2 fully saturated rings. The van der Waals surface area contributed by atoms with E-state index in [1.165, 1.54) is 173 Å². The fourth-order valence-corrected chi connectivity index (χ4v) is 9.99. The number of amides is 1. The minimum absolute atomic E-state index is 0.249. The third-order valence-electron chi connectivity index (χ3n) is 15.0. The summed E-state index contributed by atoms with van der Waals surface area (Å²) in [5.41, 5.74) is 0. The van der Waals surface area contributed by atoms with Crippen molar-refractivity contribution >= 4 is 5.91 Å². The Morgan fingerprint density at radius 1 is 0.474 bits per heavy atom. The number of nitrogens with one attached hydrogen (secondary N) is 1. The SMILES string of the molecule is CCCCCCC/C=C\C/C=C\CCCCCCCCCCCCCCCCCC(=O)NC(COC1OC(CO)C(OC2OC(CO)C(O)C(O)C2O)C(O)C1O)C(O)/C=C/CC/C=C/CCCCCCCCCCC. The maximum absolute atomic E-state index is 13.3. The number of hydrogen-bond acceptors (Lipinski definition) is 13. The van der Waals surface area contributed by atoms with Gasteiger partial charge in [-0.3, -0.25) is 4.79 Å². The molecule has 2 aliphatic rings. The van der Waals surface area contributed by atoms with Gasteiger partial charge in [0.15, 0.2) is 12.6 Å². The fraction of sp³-hybridized carbons (Fsp3) is 0.855. The molecule has 14 heteroatoms. The van der Waals surface area contributed by atoms with Crippen molar-refractivity contribution < 1.29 is 64.6 Å². The number of rotatable bonds is 49. The van der Waals surface area contributed by atoms with Gasteiger partial charge in [-0.1, -0.05) is 223 Å². The summed E-state index contributed by atoms with van der Waals surface area (Å²) in [6, 6.07) is -0.931. The molecule has 2 heterocycles. The van der Waals surface area contributed by atoms with Gasteiger partial charge in [-0.05, 0) is 64.2 Å². The van der Waals surface area contributed by atoms with Crippen molar-refractivity contribution in [2.75, 3.05) is 19.8 Å². The van der Waals surface area contributed by atoms with Gasteiger partial charge in [0.1, 0.15) is 48.8 Å². The maximum atomic E-state index is 13.3. The molecule has 9 N–H and O–H groups in total. The Kier molecular flexibility index (Phi) is 44.0. The van der Waals surface area contributed by atoms with Crippen LogP contribution in [0.25, 0.3) is 0 Å². The lowest BCUT2D eigenvalue weighted by atomic mass is 9.97. The van der Waals surface area contributed by atoms with Crippen LogP contribution >= 0.6 is 0 Å². The van der Waals surface area contributed by atoms with Gasteiger partial charge in [0.25, 0.3) is 0 Å². The molecule has 444 valence electrons. The van der Waals surface area contributed by atoms with E-state index in [1.807, 2.05) is 6.08 Å². The zero-order valence-corrected chi connectivity index (χ0v) is 47.7. The molecule has 2 aliphatic heterocycles. The average molecular weight is 1080 g/mol. The first-order chi connectivity index (χ1) is 37.1. The second-order valence-corrected chi connectivity index (χ2v) is 21.8. The number of ether oxygens (including phenoxy) is 4. The molecule has 0 aromatic carbocycles. The lowest BCUT2D eigenvalue weighted by Gasteiger charge is -2.46. The standard InChI is InChI=1S/C62H113NO13/c1-3-5-7-9-11-13-15-17-19-20-21-22-23-24-25-26-27-28-29-30-32-34-36-38-40-42-44-46-54(67)63-50(51(66)45-43-41-39-37-35-33-31-18-16-14-12-10-8-6-4-2)49-73-61-59(72)57(70)60(53(48-65)75-61)76-62-58(71)56(69)55(68)52(47-64)74-62/h15,17,20-21,35,37,43,45,50-53,55-62,64-66,68-72H,3-14,16,18-19,22-34,36,38-42,44,46-49H2,1-2H3,(H,63,67)/b17-15-,21-20-,37-35+,45-43+. The van der Waals surface area contributed by atoms with Gasteiger partial charge < -0.3 is 65.1 Å². The Labute approximate surface area is 461 Å². The molecule has 1 amide bonds. The van der Waals surface area contributed by atoms with E-state index < -0.39 is 86.8 Å². The topological polar surface area (TPSA) is 228 Å². The number of aliphatic hydroxyl groups excluding tert-OH is 8. The van der Waals surface area contributed by atoms with Crippen molar-refractivity contribution in [3.05, 3.63) is 48.6 Å². The molecular weight excluding hydrogens is 967 g/mol. The van der Waals surface area contributed by atoms with Crippen LogP contribution < -0.4 is 5.32 Å². The summed E-state index contributed by atoms with van der Waals surface area (Å²) in [5, 5.41) is 87.1. The molecule has 2 saturated heterocycles. The van der Waals surface area contributed by atoms with Crippen LogP contribution in [0.1, 0.15) is 245 Å². The lowest BCUT2D eigenvalue weighted by molar-refractivity contribution is -0.359. The van der Waals surface area contributed by atoms with E-state index in [4.69, 9.17) is 18.9 Å². The molecule has 12 unspecified atom stereocenters. The smallest absolute Gasteiger partial charge is 0.220 e. The highest BCUT2D eigenvalue weighted by atomic mass is 16.7. The minimum Gasteiger partial charge on any atom is -0.394 e. The highest BCUT2D eigenvalue weighted by Gasteiger charge is 2.51. The molecule has 2 rings (SSSR count). The predicted molar refractivity (Wildman–Crippen MR) is 304 cm³/mol. The number of unbranched alkanes of at least 4 members (excludes halogenated alkanes) is 30. The minimum atomic E-state index is -1.79. The first kappa shape index (κ1) is 70.1. The summed E-state index contributed by atoms with van der Waals surface area (Å²) in [5.74, 6) is -0.249. The zero-order valence-electron chi connectivity index (χ0n) is 47.7. The molecule has 0 bridgehead atoms. The van der Waals surface area contributed by atoms with Crippen LogP contribution in [0.5, 0.6) is 0 Å². The number of hydrogen-bond donors (Lipinski definition) is 9. The lowest BCUT2D eigenvalue weighted by Crippen LogP contribution is -2.65. The molecule has 12 atom stereocenters. The van der Waals surface area contributed by atoms with E-state index in [9.17, 15) is 45.6 Å². The molecule has 14 nitrogen and oxygen atoms in total. The van der Waals surface area contributed by atoms with Crippen LogP contribution in [0.15, 0.2) is 48.6 Å². The summed E-state index contributed by atoms with van der Waals surface area (Å²) in [6.45, 7) is 2.77. The molecule has 0 saturated carbocycles. The number of carbonyl (C=O) groups excluding carboxylic acids is 1. The normalized spacial score (nSPS) is 25.2. The first-order valence-electron chi connectivity index (χ1n) is 30.9. The van der Waals surface area contributed by atoms with E-state index in [1.54, 1.807) is 6.08 Å². The van der Waals surface area contributed by atoms with Gasteiger partial charge in [0.05, 0.1) is 32.0 Å². The average Bonchev–Trinajstić information content (AvgIpc) is 3.42. The third kappa shape index (κ3) is 32.9. The second kappa shape index (κ2) is 47.7. The van der Waals surface area contributed by atoms with Gasteiger partial charge in [0, 0.05) is 6.42 Å². The quantitative estimate of drug-likeness (QED) is 0.0204. The van der Waals surface area contributed by atoms with E-state index in [-0.39, 0.29) is 18.9 Å². The largest absolute Gasteiger partial charge is 0.394 e. The summed E-state index contributed by atoms with van der Waals surface area (Å²) in [4.78, 5) is 13.3. The number of aliphatic hydroxyl groups is 8. The summed E-state index contributed by atoms with van der Waals surface area (Å²) < 4.78 is 22.8. The van der Waals surface area contributed by atoms with Crippen molar-refractivity contribution in [3.8, 4) is 0 Å². The molecule has 0 spiro atoms. The molecule has 76 heavy (non-hydrogen) atoms. The Morgan fingerprint density at radius 2 is 0.882 bits per heavy atom. The van der Waals surface area contributed by atoms with Crippen LogP contribution in [-0.4, -0.2) is 140 Å². The fourth-order valence-electron chi connectivity index (χ4n) is 9.99. The van der Waals surface area contributed by atoms with Crippen molar-refractivity contribution in [2.45, 2.75) is 319 Å². The van der Waals surface area contributed by atoms with Gasteiger partial charge in [-0.15, -0.1) is 0 Å². The van der Waals surface area contributed by atoms with Crippen LogP contribution in [0.4, 0.5) is 0 Å². The third-order valence-corrected chi connectivity index (χ3v) is 15.0. The van der Waals surface area contributed by atoms with E-state index in [0.717, 1.165) is 38.5 Å². The summed E-state index contributed by atoms with van der Waals surface area (Å²) in [7, 11) is 0. The second-order valence-electron chi connectivity index (χ2n) is 21.8. The van der Waals surface area contributed by atoms with Crippen LogP contribution in [0.2, 0.25) is 0 Å². The Morgan fingerprint density at radius 3 is 1.37 bits per heavy atom.